The summed E-state index contributed by atoms with van der Waals surface area (Å²) in [5, 5.41) is 3.20. The number of carbonyl (C=O) groups is 1. The fraction of sp³-hybridized carbons (Fsp3) is 0.261. The molecule has 176 valence electrons. The Hall–Kier alpha value is -3.28. The summed E-state index contributed by atoms with van der Waals surface area (Å²) in [5.74, 6) is 1.12. The number of nitrogens with zero attached hydrogens (tertiary/aromatic N) is 4. The number of rotatable bonds is 7. The number of aromatic nitrogens is 3. The smallest absolute Gasteiger partial charge is 0.257 e. The predicted molar refractivity (Wildman–Crippen MR) is 130 cm³/mol. The molecule has 1 fully saturated rings. The fourth-order valence-corrected chi connectivity index (χ4v) is 6.27. The lowest BCUT2D eigenvalue weighted by Crippen LogP contribution is -2.27. The molecule has 4 aromatic rings. The highest BCUT2D eigenvalue weighted by molar-refractivity contribution is 7.89. The van der Waals surface area contributed by atoms with Gasteiger partial charge in [-0.05, 0) is 55.3 Å². The number of fused-ring (bicyclic) bond motifs is 1. The molecular weight excluding hydrogens is 474 g/mol. The number of thiazole rings is 1. The van der Waals surface area contributed by atoms with Gasteiger partial charge in [-0.3, -0.25) is 10.1 Å². The number of nitrogens with one attached hydrogen (secondary N) is 1. The quantitative estimate of drug-likeness (QED) is 0.418. The van der Waals surface area contributed by atoms with Gasteiger partial charge in [0, 0.05) is 38.1 Å². The maximum Gasteiger partial charge on any atom is 0.257 e. The van der Waals surface area contributed by atoms with Crippen molar-refractivity contribution in [2.75, 3.05) is 18.4 Å². The van der Waals surface area contributed by atoms with Gasteiger partial charge in [0.05, 0.1) is 15.1 Å². The Balaban J connectivity index is 1.26. The predicted octanol–water partition coefficient (Wildman–Crippen LogP) is 3.65. The lowest BCUT2D eigenvalue weighted by molar-refractivity contribution is 0.102. The Labute approximate surface area is 201 Å². The molecule has 1 aliphatic rings. The molecule has 0 atom stereocenters. The second kappa shape index (κ2) is 9.16. The Morgan fingerprint density at radius 3 is 2.62 bits per heavy atom. The molecule has 0 bridgehead atoms. The summed E-state index contributed by atoms with van der Waals surface area (Å²) < 4.78 is 35.5. The molecule has 3 heterocycles. The number of benzene rings is 2. The summed E-state index contributed by atoms with van der Waals surface area (Å²) >= 11 is 1.24. The molecule has 0 radical (unpaired) electrons. The molecular formula is C23H23N5O4S2. The van der Waals surface area contributed by atoms with Gasteiger partial charge < -0.3 is 9.30 Å². The van der Waals surface area contributed by atoms with Crippen LogP contribution < -0.4 is 10.1 Å². The number of aryl methyl sites for hydroxylation is 1. The van der Waals surface area contributed by atoms with Crippen molar-refractivity contribution in [2.45, 2.75) is 24.3 Å². The monoisotopic (exact) mass is 497 g/mol. The van der Waals surface area contributed by atoms with E-state index < -0.39 is 10.0 Å². The number of amides is 1. The van der Waals surface area contributed by atoms with E-state index in [0.29, 0.717) is 46.4 Å². The van der Waals surface area contributed by atoms with Crippen molar-refractivity contribution in [1.82, 2.24) is 18.8 Å². The van der Waals surface area contributed by atoms with E-state index >= 15 is 0 Å². The van der Waals surface area contributed by atoms with Crippen LogP contribution in [-0.4, -0.2) is 46.3 Å². The average Bonchev–Trinajstić information content (AvgIpc) is 3.58. The summed E-state index contributed by atoms with van der Waals surface area (Å²) in [6.07, 6.45) is 5.33. The topological polar surface area (TPSA) is 106 Å². The third-order valence-electron chi connectivity index (χ3n) is 5.69. The normalized spacial score (nSPS) is 14.5. The molecule has 1 amide bonds. The molecule has 1 saturated heterocycles. The van der Waals surface area contributed by atoms with Gasteiger partial charge >= 0.3 is 0 Å². The van der Waals surface area contributed by atoms with Crippen LogP contribution in [0, 0.1) is 0 Å². The van der Waals surface area contributed by atoms with Gasteiger partial charge in [-0.1, -0.05) is 11.3 Å². The maximum absolute atomic E-state index is 12.8. The number of ether oxygens (including phenoxy) is 1. The largest absolute Gasteiger partial charge is 0.486 e. The number of hydrogen-bond donors (Lipinski definition) is 1. The Bertz CT molecular complexity index is 1440. The zero-order valence-corrected chi connectivity index (χ0v) is 20.1. The highest BCUT2D eigenvalue weighted by Gasteiger charge is 2.27. The highest BCUT2D eigenvalue weighted by atomic mass is 32.2. The second-order valence-corrected chi connectivity index (χ2v) is 10.9. The van der Waals surface area contributed by atoms with Crippen LogP contribution in [0.15, 0.2) is 59.8 Å². The lowest BCUT2D eigenvalue weighted by Gasteiger charge is -2.15. The molecule has 1 aliphatic heterocycles. The minimum atomic E-state index is -3.50. The van der Waals surface area contributed by atoms with E-state index in [1.54, 1.807) is 48.7 Å². The van der Waals surface area contributed by atoms with Crippen molar-refractivity contribution in [3.63, 3.8) is 0 Å². The number of anilines is 1. The summed E-state index contributed by atoms with van der Waals surface area (Å²) in [6.45, 7) is 1.44. The number of sulfonamides is 1. The summed E-state index contributed by atoms with van der Waals surface area (Å²) in [7, 11) is -1.61. The number of imidazole rings is 1. The van der Waals surface area contributed by atoms with E-state index in [-0.39, 0.29) is 10.8 Å². The fourth-order valence-electron chi connectivity index (χ4n) is 3.75. The van der Waals surface area contributed by atoms with Crippen LogP contribution in [0.2, 0.25) is 0 Å². The molecule has 0 unspecified atom stereocenters. The summed E-state index contributed by atoms with van der Waals surface area (Å²) in [6, 6.07) is 11.7. The maximum atomic E-state index is 12.8. The number of hydrogen-bond acceptors (Lipinski definition) is 7. The molecule has 5 rings (SSSR count). The molecule has 2 aromatic heterocycles. The zero-order valence-electron chi connectivity index (χ0n) is 18.5. The van der Waals surface area contributed by atoms with E-state index in [9.17, 15) is 13.2 Å². The van der Waals surface area contributed by atoms with Gasteiger partial charge in [0.1, 0.15) is 18.2 Å². The minimum absolute atomic E-state index is 0.254. The van der Waals surface area contributed by atoms with Gasteiger partial charge in [0.2, 0.25) is 10.0 Å². The van der Waals surface area contributed by atoms with Crippen LogP contribution in [0.4, 0.5) is 5.13 Å². The van der Waals surface area contributed by atoms with Crippen LogP contribution in [-0.2, 0) is 23.7 Å². The zero-order chi connectivity index (χ0) is 23.7. The standard InChI is InChI=1S/C23H23N5O4S2/c1-27-13-10-24-21(27)15-32-17-6-4-16(5-7-17)22(29)26-23-25-19-9-8-18(14-20(19)33-23)34(30,31)28-11-2-3-12-28/h4-10,13-14H,2-3,11-12,15H2,1H3,(H,25,26,29). The van der Waals surface area contributed by atoms with Crippen LogP contribution in [0.1, 0.15) is 29.0 Å². The van der Waals surface area contributed by atoms with Crippen LogP contribution in [0.3, 0.4) is 0 Å². The first-order chi connectivity index (χ1) is 16.4. The molecule has 0 saturated carbocycles. The first kappa shape index (κ1) is 22.5. The Morgan fingerprint density at radius 2 is 1.91 bits per heavy atom. The van der Waals surface area contributed by atoms with E-state index in [1.165, 1.54) is 15.6 Å². The first-order valence-corrected chi connectivity index (χ1v) is 13.1. The molecule has 0 aliphatic carbocycles. The number of carbonyl (C=O) groups excluding carboxylic acids is 1. The second-order valence-electron chi connectivity index (χ2n) is 7.98. The van der Waals surface area contributed by atoms with Crippen molar-refractivity contribution < 1.29 is 17.9 Å². The van der Waals surface area contributed by atoms with Crippen molar-refractivity contribution in [3.8, 4) is 5.75 Å². The SMILES string of the molecule is Cn1ccnc1COc1ccc(C(=O)Nc2nc3ccc(S(=O)(=O)N4CCCC4)cc3s2)cc1. The van der Waals surface area contributed by atoms with Crippen molar-refractivity contribution in [2.24, 2.45) is 7.05 Å². The summed E-state index contributed by atoms with van der Waals surface area (Å²) in [4.78, 5) is 21.6. The third kappa shape index (κ3) is 4.54. The molecule has 9 nitrogen and oxygen atoms in total. The van der Waals surface area contributed by atoms with Crippen molar-refractivity contribution in [1.29, 1.82) is 0 Å². The van der Waals surface area contributed by atoms with E-state index in [1.807, 2.05) is 17.8 Å². The van der Waals surface area contributed by atoms with Crippen molar-refractivity contribution in [3.05, 3.63) is 66.2 Å². The van der Waals surface area contributed by atoms with Gasteiger partial charge in [-0.15, -0.1) is 0 Å². The van der Waals surface area contributed by atoms with Gasteiger partial charge in [-0.25, -0.2) is 18.4 Å². The first-order valence-electron chi connectivity index (χ1n) is 10.8. The molecule has 1 N–H and O–H groups in total. The van der Waals surface area contributed by atoms with E-state index in [2.05, 4.69) is 15.3 Å². The average molecular weight is 498 g/mol. The third-order valence-corrected chi connectivity index (χ3v) is 8.52. The summed E-state index contributed by atoms with van der Waals surface area (Å²) in [5.41, 5.74) is 1.10. The van der Waals surface area contributed by atoms with Crippen LogP contribution in [0.25, 0.3) is 10.2 Å². The van der Waals surface area contributed by atoms with E-state index in [4.69, 9.17) is 4.74 Å². The van der Waals surface area contributed by atoms with E-state index in [0.717, 1.165) is 18.7 Å². The molecule has 11 heteroatoms. The Morgan fingerprint density at radius 1 is 1.15 bits per heavy atom. The lowest BCUT2D eigenvalue weighted by atomic mass is 10.2. The van der Waals surface area contributed by atoms with Crippen LogP contribution in [0.5, 0.6) is 5.75 Å². The molecule has 2 aromatic carbocycles. The Kier molecular flexibility index (Phi) is 6.07. The van der Waals surface area contributed by atoms with Gasteiger partial charge in [0.25, 0.3) is 5.91 Å². The van der Waals surface area contributed by atoms with Gasteiger partial charge in [0.15, 0.2) is 5.13 Å². The molecule has 34 heavy (non-hydrogen) atoms. The minimum Gasteiger partial charge on any atom is -0.486 e. The van der Waals surface area contributed by atoms with Crippen molar-refractivity contribution >= 4 is 42.6 Å². The van der Waals surface area contributed by atoms with Crippen LogP contribution >= 0.6 is 11.3 Å². The molecule has 0 spiro atoms. The highest BCUT2D eigenvalue weighted by Crippen LogP contribution is 2.30. The van der Waals surface area contributed by atoms with Gasteiger partial charge in [-0.2, -0.15) is 4.31 Å².